The van der Waals surface area contributed by atoms with Gasteiger partial charge in [0.25, 0.3) is 0 Å². The number of aromatic amines is 2. The van der Waals surface area contributed by atoms with Gasteiger partial charge in [-0.3, -0.25) is 0 Å². The number of hydrogen-bond donors (Lipinski definition) is 2. The van der Waals surface area contributed by atoms with Crippen LogP contribution in [0.5, 0.6) is 0 Å². The number of para-hydroxylation sites is 2. The van der Waals surface area contributed by atoms with Gasteiger partial charge in [0.2, 0.25) is 0 Å². The van der Waals surface area contributed by atoms with E-state index in [4.69, 9.17) is 9.98 Å². The molecule has 0 aliphatic carbocycles. The molecule has 0 fully saturated rings. The van der Waals surface area contributed by atoms with Gasteiger partial charge in [0.05, 0.1) is 16.1 Å². The van der Waals surface area contributed by atoms with Crippen molar-refractivity contribution in [3.63, 3.8) is 0 Å². The van der Waals surface area contributed by atoms with Crippen molar-refractivity contribution >= 4 is 43.7 Å². The summed E-state index contributed by atoms with van der Waals surface area (Å²) in [7, 11) is 0. The van der Waals surface area contributed by atoms with Gasteiger partial charge in [0.1, 0.15) is 0 Å². The molecule has 0 saturated heterocycles. The van der Waals surface area contributed by atoms with Gasteiger partial charge in [-0.25, -0.2) is 9.98 Å². The molecule has 36 heavy (non-hydrogen) atoms. The molecule has 0 atom stereocenters. The molecular formula is C32H20N4. The summed E-state index contributed by atoms with van der Waals surface area (Å²) in [5.41, 5.74) is 3.37. The highest BCUT2D eigenvalue weighted by molar-refractivity contribution is 6.24. The molecule has 4 heteroatoms. The molecule has 0 unspecified atom stereocenters. The second kappa shape index (κ2) is 7.27. The van der Waals surface area contributed by atoms with Crippen molar-refractivity contribution in [2.75, 3.05) is 0 Å². The molecule has 0 bridgehead atoms. The lowest BCUT2D eigenvalue weighted by Crippen LogP contribution is -2.19. The molecular weight excluding hydrogens is 440 g/mol. The van der Waals surface area contributed by atoms with Crippen molar-refractivity contribution < 1.29 is 0 Å². The Hall–Kier alpha value is -4.96. The largest absolute Gasteiger partial charge is 0.361 e. The Morgan fingerprint density at radius 3 is 2.06 bits per heavy atom. The van der Waals surface area contributed by atoms with Crippen LogP contribution in [0.15, 0.2) is 119 Å². The summed E-state index contributed by atoms with van der Waals surface area (Å²) in [6.07, 6.45) is 1.97. The zero-order valence-electron chi connectivity index (χ0n) is 19.3. The zero-order chi connectivity index (χ0) is 23.6. The molecule has 3 heterocycles. The topological polar surface area (TPSA) is 56.3 Å². The van der Waals surface area contributed by atoms with E-state index < -0.39 is 0 Å². The molecule has 2 N–H and O–H groups in total. The smallest absolute Gasteiger partial charge is 0.177 e. The van der Waals surface area contributed by atoms with Crippen molar-refractivity contribution in [3.05, 3.63) is 142 Å². The molecule has 168 valence electrons. The van der Waals surface area contributed by atoms with E-state index in [1.165, 1.54) is 37.9 Å². The van der Waals surface area contributed by atoms with Crippen LogP contribution in [-0.4, -0.2) is 9.97 Å². The third-order valence-corrected chi connectivity index (χ3v) is 7.20. The van der Waals surface area contributed by atoms with Crippen LogP contribution < -0.4 is 21.4 Å². The normalized spacial score (nSPS) is 13.8. The average Bonchev–Trinajstić information content (AvgIpc) is 3.69. The minimum absolute atomic E-state index is 0.712. The lowest BCUT2D eigenvalue weighted by molar-refractivity contribution is 1.20. The Kier molecular flexibility index (Phi) is 3.91. The van der Waals surface area contributed by atoms with Gasteiger partial charge in [-0.1, -0.05) is 66.7 Å². The summed E-state index contributed by atoms with van der Waals surface area (Å²) in [5.74, 6) is 0.712. The van der Waals surface area contributed by atoms with Crippen LogP contribution in [0, 0.1) is 0 Å². The number of nitrogens with zero attached hydrogens (tertiary/aromatic N) is 2. The maximum absolute atomic E-state index is 4.74. The second-order valence-corrected chi connectivity index (χ2v) is 9.25. The maximum atomic E-state index is 4.74. The highest BCUT2D eigenvalue weighted by atomic mass is 15.0. The van der Waals surface area contributed by atoms with E-state index in [1.807, 2.05) is 36.5 Å². The molecule has 0 amide bonds. The molecule has 1 aliphatic heterocycles. The van der Waals surface area contributed by atoms with E-state index in [9.17, 15) is 0 Å². The Balaban J connectivity index is 1.47. The van der Waals surface area contributed by atoms with Crippen molar-refractivity contribution in [1.29, 1.82) is 0 Å². The number of aromatic nitrogens is 2. The molecule has 0 radical (unpaired) electrons. The van der Waals surface area contributed by atoms with Gasteiger partial charge in [0.15, 0.2) is 5.82 Å². The number of H-pyrrole nitrogens is 2. The Bertz CT molecular complexity index is 2150. The van der Waals surface area contributed by atoms with Crippen LogP contribution in [0.1, 0.15) is 11.3 Å². The van der Waals surface area contributed by atoms with Crippen molar-refractivity contribution in [2.24, 2.45) is 9.98 Å². The fourth-order valence-corrected chi connectivity index (χ4v) is 5.57. The molecule has 2 aromatic heterocycles. The Morgan fingerprint density at radius 2 is 1.31 bits per heavy atom. The number of benzene rings is 5. The monoisotopic (exact) mass is 460 g/mol. The third kappa shape index (κ3) is 2.75. The summed E-state index contributed by atoms with van der Waals surface area (Å²) >= 11 is 0. The highest BCUT2D eigenvalue weighted by Gasteiger charge is 2.16. The first kappa shape index (κ1) is 19.4. The molecule has 0 saturated carbocycles. The first-order valence-electron chi connectivity index (χ1n) is 12.1. The van der Waals surface area contributed by atoms with Crippen LogP contribution in [-0.2, 0) is 0 Å². The van der Waals surface area contributed by atoms with E-state index in [0.717, 1.165) is 32.7 Å². The zero-order valence-corrected chi connectivity index (χ0v) is 19.3. The van der Waals surface area contributed by atoms with E-state index in [0.29, 0.717) is 5.82 Å². The lowest BCUT2D eigenvalue weighted by Gasteiger charge is -2.15. The van der Waals surface area contributed by atoms with Gasteiger partial charge in [-0.2, -0.15) is 0 Å². The molecule has 0 spiro atoms. The first-order valence-corrected chi connectivity index (χ1v) is 12.1. The van der Waals surface area contributed by atoms with E-state index in [-0.39, 0.29) is 0 Å². The molecule has 8 rings (SSSR count). The minimum atomic E-state index is 0.712. The van der Waals surface area contributed by atoms with E-state index in [1.54, 1.807) is 0 Å². The van der Waals surface area contributed by atoms with E-state index in [2.05, 4.69) is 82.8 Å². The average molecular weight is 461 g/mol. The van der Waals surface area contributed by atoms with Gasteiger partial charge < -0.3 is 9.97 Å². The van der Waals surface area contributed by atoms with Crippen LogP contribution in [0.4, 0.5) is 0 Å². The summed E-state index contributed by atoms with van der Waals surface area (Å²) in [6, 6.07) is 36.3. The van der Waals surface area contributed by atoms with Crippen molar-refractivity contribution in [2.45, 2.75) is 0 Å². The summed E-state index contributed by atoms with van der Waals surface area (Å²) in [6.45, 7) is 0. The fourth-order valence-electron chi connectivity index (χ4n) is 5.57. The van der Waals surface area contributed by atoms with E-state index >= 15 is 0 Å². The third-order valence-electron chi connectivity index (χ3n) is 7.20. The van der Waals surface area contributed by atoms with Gasteiger partial charge in [-0.15, -0.1) is 0 Å². The molecule has 4 nitrogen and oxygen atoms in total. The maximum Gasteiger partial charge on any atom is 0.177 e. The molecule has 7 aromatic rings. The number of fused-ring (bicyclic) bond motifs is 1. The standard InChI is InChI=1S/C32H20N4/c1-2-8-25-24(7-1)35-32(36-25)28-17-16-27(34-28)31(26-9-4-18-33-26)23-15-13-21-11-10-19-5-3-6-20-12-14-22(23)30(21)29(19)20/h1-18,33-34H/b31-27-. The van der Waals surface area contributed by atoms with Crippen LogP contribution >= 0.6 is 0 Å². The minimum Gasteiger partial charge on any atom is -0.361 e. The molecule has 1 aliphatic rings. The predicted octanol–water partition coefficient (Wildman–Crippen LogP) is 4.51. The predicted molar refractivity (Wildman–Crippen MR) is 145 cm³/mol. The van der Waals surface area contributed by atoms with Crippen LogP contribution in [0.25, 0.3) is 43.7 Å². The number of nitrogens with one attached hydrogen (secondary N) is 2. The first-order chi connectivity index (χ1) is 17.8. The van der Waals surface area contributed by atoms with Crippen LogP contribution in [0.3, 0.4) is 0 Å². The Morgan fingerprint density at radius 1 is 0.583 bits per heavy atom. The second-order valence-electron chi connectivity index (χ2n) is 9.25. The summed E-state index contributed by atoms with van der Waals surface area (Å²) in [4.78, 5) is 16.5. The quantitative estimate of drug-likeness (QED) is 0.357. The summed E-state index contributed by atoms with van der Waals surface area (Å²) in [5, 5.41) is 11.4. The van der Waals surface area contributed by atoms with Gasteiger partial charge in [0, 0.05) is 22.8 Å². The SMILES string of the molecule is c1c[nH]c(/C(c2ccc3ccc4cccc5ccc2c3c45)=c2/ccc(=C3N=c4ccccc4=N3)[nH]2)c1. The number of hydrogen-bond acceptors (Lipinski definition) is 2. The summed E-state index contributed by atoms with van der Waals surface area (Å²) < 4.78 is 0. The number of rotatable bonds is 2. The van der Waals surface area contributed by atoms with Crippen molar-refractivity contribution in [1.82, 2.24) is 9.97 Å². The van der Waals surface area contributed by atoms with Crippen LogP contribution in [0.2, 0.25) is 0 Å². The van der Waals surface area contributed by atoms with Gasteiger partial charge in [-0.05, 0) is 74.3 Å². The van der Waals surface area contributed by atoms with Crippen molar-refractivity contribution in [3.8, 4) is 0 Å². The lowest BCUT2D eigenvalue weighted by atomic mass is 9.89. The van der Waals surface area contributed by atoms with Gasteiger partial charge >= 0.3 is 0 Å². The fraction of sp³-hybridized carbons (Fsp3) is 0. The molecule has 5 aromatic carbocycles. The Labute approximate surface area is 205 Å². The highest BCUT2D eigenvalue weighted by Crippen LogP contribution is 2.38.